The van der Waals surface area contributed by atoms with Crippen molar-refractivity contribution in [2.75, 3.05) is 0 Å². The topological polar surface area (TPSA) is 0 Å². The van der Waals surface area contributed by atoms with Crippen molar-refractivity contribution in [2.24, 2.45) is 0 Å². The minimum Gasteiger partial charge on any atom is -0.135 e. The summed E-state index contributed by atoms with van der Waals surface area (Å²) < 4.78 is 2.88. The van der Waals surface area contributed by atoms with Gasteiger partial charge >= 0.3 is 0 Å². The third kappa shape index (κ3) is 3.24. The van der Waals surface area contributed by atoms with Crippen LogP contribution < -0.4 is 0 Å². The normalized spacial score (nSPS) is 13.8. The van der Waals surface area contributed by atoms with Gasteiger partial charge < -0.3 is 0 Å². The summed E-state index contributed by atoms with van der Waals surface area (Å²) in [5.41, 5.74) is 4.82. The van der Waals surface area contributed by atoms with Gasteiger partial charge in [-0.2, -0.15) is 0 Å². The molecule has 0 amide bonds. The molecule has 1 aromatic heterocycles. The van der Waals surface area contributed by atoms with Crippen LogP contribution in [0.1, 0.15) is 79.0 Å². The van der Waals surface area contributed by atoms with Crippen molar-refractivity contribution in [1.29, 1.82) is 0 Å². The summed E-state index contributed by atoms with van der Waals surface area (Å²) in [7, 11) is 0. The van der Waals surface area contributed by atoms with E-state index < -0.39 is 0 Å². The summed E-state index contributed by atoms with van der Waals surface area (Å²) in [4.78, 5) is 0. The maximum Gasteiger partial charge on any atom is 0.0395 e. The average Bonchev–Trinajstić information content (AvgIpc) is 2.81. The SMILES string of the molecule is CC(C)(C)c1ccc2sc3c(C(C)(C)C)ccc(C(C)(C)C)c3c2c1. The van der Waals surface area contributed by atoms with Crippen LogP contribution in [-0.4, -0.2) is 0 Å². The average molecular weight is 353 g/mol. The molecule has 3 aromatic rings. The number of thiophene rings is 1. The molecule has 3 rings (SSSR count). The van der Waals surface area contributed by atoms with Gasteiger partial charge in [0.25, 0.3) is 0 Å². The van der Waals surface area contributed by atoms with Crippen LogP contribution in [0.15, 0.2) is 30.3 Å². The first-order valence-electron chi connectivity index (χ1n) is 9.31. The van der Waals surface area contributed by atoms with Crippen LogP contribution in [0.2, 0.25) is 0 Å². The molecule has 0 radical (unpaired) electrons. The van der Waals surface area contributed by atoms with Gasteiger partial charge in [-0.25, -0.2) is 0 Å². The quantitative estimate of drug-likeness (QED) is 0.385. The standard InChI is InChI=1S/C24H32S/c1-22(2,3)15-10-13-19-16(14-15)20-17(23(4,5)6)11-12-18(21(20)25-19)24(7,8)9/h10-14H,1-9H3. The van der Waals surface area contributed by atoms with E-state index >= 15 is 0 Å². The Morgan fingerprint density at radius 2 is 1.20 bits per heavy atom. The van der Waals surface area contributed by atoms with Crippen LogP contribution >= 0.6 is 11.3 Å². The molecule has 0 aliphatic heterocycles. The second-order valence-corrected chi connectivity index (χ2v) is 11.5. The lowest BCUT2D eigenvalue weighted by Crippen LogP contribution is -2.15. The number of fused-ring (bicyclic) bond motifs is 3. The number of benzene rings is 2. The second-order valence-electron chi connectivity index (χ2n) is 10.4. The number of hydrogen-bond donors (Lipinski definition) is 0. The lowest BCUT2D eigenvalue weighted by molar-refractivity contribution is 0.586. The summed E-state index contributed by atoms with van der Waals surface area (Å²) in [6.07, 6.45) is 0. The molecular formula is C24H32S. The fourth-order valence-corrected chi connectivity index (χ4v) is 5.00. The molecule has 0 aliphatic carbocycles. The maximum absolute atomic E-state index is 2.44. The van der Waals surface area contributed by atoms with Crippen molar-refractivity contribution >= 4 is 31.5 Å². The summed E-state index contributed by atoms with van der Waals surface area (Å²) in [5, 5.41) is 2.91. The van der Waals surface area contributed by atoms with Crippen molar-refractivity contribution in [1.82, 2.24) is 0 Å². The molecule has 0 saturated heterocycles. The van der Waals surface area contributed by atoms with Gasteiger partial charge in [0, 0.05) is 20.2 Å². The predicted octanol–water partition coefficient (Wildman–Crippen LogP) is 7.95. The van der Waals surface area contributed by atoms with Gasteiger partial charge in [-0.3, -0.25) is 0 Å². The van der Waals surface area contributed by atoms with Gasteiger partial charge in [-0.15, -0.1) is 11.3 Å². The third-order valence-corrected chi connectivity index (χ3v) is 6.30. The first kappa shape index (κ1) is 18.5. The Hall–Kier alpha value is -1.34. The Balaban J connectivity index is 2.50. The molecule has 0 N–H and O–H groups in total. The largest absolute Gasteiger partial charge is 0.135 e. The molecule has 1 heterocycles. The molecule has 0 aliphatic rings. The molecule has 0 nitrogen and oxygen atoms in total. The smallest absolute Gasteiger partial charge is 0.0395 e. The Kier molecular flexibility index (Phi) is 4.12. The zero-order valence-electron chi connectivity index (χ0n) is 17.3. The van der Waals surface area contributed by atoms with Crippen molar-refractivity contribution in [2.45, 2.75) is 78.6 Å². The molecule has 0 atom stereocenters. The first-order chi connectivity index (χ1) is 11.3. The summed E-state index contributed by atoms with van der Waals surface area (Å²) >= 11 is 1.96. The highest BCUT2D eigenvalue weighted by Crippen LogP contribution is 2.45. The molecular weight excluding hydrogens is 320 g/mol. The predicted molar refractivity (Wildman–Crippen MR) is 115 cm³/mol. The fraction of sp³-hybridized carbons (Fsp3) is 0.500. The van der Waals surface area contributed by atoms with Crippen molar-refractivity contribution in [3.8, 4) is 0 Å². The second kappa shape index (κ2) is 5.58. The molecule has 0 unspecified atom stereocenters. The lowest BCUT2D eigenvalue weighted by Gasteiger charge is -2.25. The summed E-state index contributed by atoms with van der Waals surface area (Å²) in [5.74, 6) is 0. The molecule has 0 saturated carbocycles. The van der Waals surface area contributed by atoms with E-state index in [1.807, 2.05) is 11.3 Å². The maximum atomic E-state index is 2.44. The van der Waals surface area contributed by atoms with Crippen LogP contribution in [0.4, 0.5) is 0 Å². The Morgan fingerprint density at radius 3 is 1.72 bits per heavy atom. The van der Waals surface area contributed by atoms with E-state index in [1.165, 1.54) is 36.9 Å². The van der Waals surface area contributed by atoms with Gasteiger partial charge in [0.15, 0.2) is 0 Å². The highest BCUT2D eigenvalue weighted by molar-refractivity contribution is 7.26. The highest BCUT2D eigenvalue weighted by Gasteiger charge is 2.26. The first-order valence-corrected chi connectivity index (χ1v) is 10.1. The van der Waals surface area contributed by atoms with E-state index in [0.29, 0.717) is 0 Å². The number of hydrogen-bond acceptors (Lipinski definition) is 1. The lowest BCUT2D eigenvalue weighted by atomic mass is 9.79. The monoisotopic (exact) mass is 352 g/mol. The van der Waals surface area contributed by atoms with Crippen molar-refractivity contribution < 1.29 is 0 Å². The molecule has 2 aromatic carbocycles. The minimum absolute atomic E-state index is 0.139. The van der Waals surface area contributed by atoms with Crippen LogP contribution in [0, 0.1) is 0 Å². The molecule has 1 heteroatoms. The summed E-state index contributed by atoms with van der Waals surface area (Å²) in [6.45, 7) is 20.9. The van der Waals surface area contributed by atoms with Crippen LogP contribution in [-0.2, 0) is 16.2 Å². The van der Waals surface area contributed by atoms with E-state index in [0.717, 1.165) is 0 Å². The van der Waals surface area contributed by atoms with Crippen LogP contribution in [0.3, 0.4) is 0 Å². The summed E-state index contributed by atoms with van der Waals surface area (Å²) in [6, 6.07) is 11.8. The Morgan fingerprint density at radius 1 is 0.640 bits per heavy atom. The van der Waals surface area contributed by atoms with E-state index in [2.05, 4.69) is 92.6 Å². The van der Waals surface area contributed by atoms with E-state index in [4.69, 9.17) is 0 Å². The molecule has 25 heavy (non-hydrogen) atoms. The highest BCUT2D eigenvalue weighted by atomic mass is 32.1. The van der Waals surface area contributed by atoms with Gasteiger partial charge in [0.1, 0.15) is 0 Å². The van der Waals surface area contributed by atoms with Gasteiger partial charge in [-0.05, 0) is 45.1 Å². The van der Waals surface area contributed by atoms with E-state index in [1.54, 1.807) is 0 Å². The van der Waals surface area contributed by atoms with Crippen LogP contribution in [0.25, 0.3) is 20.2 Å². The van der Waals surface area contributed by atoms with E-state index in [9.17, 15) is 0 Å². The fourth-order valence-electron chi connectivity index (χ4n) is 3.56. The molecule has 0 bridgehead atoms. The Labute approximate surface area is 157 Å². The zero-order chi connectivity index (χ0) is 18.8. The van der Waals surface area contributed by atoms with Gasteiger partial charge in [-0.1, -0.05) is 80.5 Å². The molecule has 134 valence electrons. The van der Waals surface area contributed by atoms with E-state index in [-0.39, 0.29) is 16.2 Å². The molecule has 0 fully saturated rings. The molecule has 0 spiro atoms. The van der Waals surface area contributed by atoms with Gasteiger partial charge in [0.2, 0.25) is 0 Å². The van der Waals surface area contributed by atoms with Gasteiger partial charge in [0.05, 0.1) is 0 Å². The minimum atomic E-state index is 0.139. The zero-order valence-corrected chi connectivity index (χ0v) is 18.1. The third-order valence-electron chi connectivity index (χ3n) is 5.10. The van der Waals surface area contributed by atoms with Crippen molar-refractivity contribution in [3.05, 3.63) is 47.0 Å². The number of rotatable bonds is 0. The van der Waals surface area contributed by atoms with Crippen molar-refractivity contribution in [3.63, 3.8) is 0 Å². The Bertz CT molecular complexity index is 935. The van der Waals surface area contributed by atoms with Crippen LogP contribution in [0.5, 0.6) is 0 Å².